The maximum atomic E-state index is 13.4. The molecule has 4 rings (SSSR count). The van der Waals surface area contributed by atoms with Gasteiger partial charge in [0, 0.05) is 17.1 Å². The highest BCUT2D eigenvalue weighted by molar-refractivity contribution is 5.98. The van der Waals surface area contributed by atoms with Crippen molar-refractivity contribution in [3.63, 3.8) is 0 Å². The van der Waals surface area contributed by atoms with Gasteiger partial charge in [-0.2, -0.15) is 0 Å². The first-order chi connectivity index (χ1) is 17.1. The minimum Gasteiger partial charge on any atom is -0.494 e. The number of aromatic amines is 1. The van der Waals surface area contributed by atoms with Crippen molar-refractivity contribution in [2.45, 2.75) is 32.7 Å². The number of benzene rings is 3. The number of hydrogen-bond donors (Lipinski definition) is 3. The standard InChI is InChI=1S/C29H32N2O4/c1-3-14-35-28-13-12-21(20-8-7-9-24(16-20)34-4-2)17-26(28)29(33)31-23(19-32)15-22-18-30-27-11-6-5-10-25(22)27/h5-13,16-18,23,30,32H,3-4,14-15,19H2,1-2H3,(H,31,33)/t23-/m1/s1. The summed E-state index contributed by atoms with van der Waals surface area (Å²) < 4.78 is 11.5. The molecule has 4 aromatic rings. The Morgan fingerprint density at radius 1 is 1.00 bits per heavy atom. The molecule has 0 saturated heterocycles. The first-order valence-electron chi connectivity index (χ1n) is 12.1. The summed E-state index contributed by atoms with van der Waals surface area (Å²) in [6.07, 6.45) is 3.27. The Kier molecular flexibility index (Phi) is 8.06. The Balaban J connectivity index is 1.59. The molecule has 0 fully saturated rings. The van der Waals surface area contributed by atoms with E-state index in [0.717, 1.165) is 39.8 Å². The van der Waals surface area contributed by atoms with Crippen LogP contribution in [0.4, 0.5) is 0 Å². The molecule has 1 aromatic heterocycles. The minimum atomic E-state index is -0.439. The zero-order valence-electron chi connectivity index (χ0n) is 20.2. The summed E-state index contributed by atoms with van der Waals surface area (Å²) in [6, 6.07) is 21.0. The van der Waals surface area contributed by atoms with Crippen LogP contribution in [0.5, 0.6) is 11.5 Å². The summed E-state index contributed by atoms with van der Waals surface area (Å²) >= 11 is 0. The largest absolute Gasteiger partial charge is 0.494 e. The summed E-state index contributed by atoms with van der Waals surface area (Å²) in [5, 5.41) is 14.1. The third-order valence-corrected chi connectivity index (χ3v) is 5.86. The first-order valence-corrected chi connectivity index (χ1v) is 12.1. The van der Waals surface area contributed by atoms with Crippen molar-refractivity contribution in [2.75, 3.05) is 19.8 Å². The van der Waals surface area contributed by atoms with Crippen LogP contribution in [0.3, 0.4) is 0 Å². The molecule has 0 unspecified atom stereocenters. The van der Waals surface area contributed by atoms with E-state index in [4.69, 9.17) is 9.47 Å². The fourth-order valence-electron chi connectivity index (χ4n) is 4.15. The Hall–Kier alpha value is -3.77. The molecule has 35 heavy (non-hydrogen) atoms. The van der Waals surface area contributed by atoms with Crippen molar-refractivity contribution in [1.82, 2.24) is 10.3 Å². The lowest BCUT2D eigenvalue weighted by atomic mass is 10.0. The third-order valence-electron chi connectivity index (χ3n) is 5.86. The molecule has 0 bridgehead atoms. The Morgan fingerprint density at radius 2 is 1.83 bits per heavy atom. The third kappa shape index (κ3) is 5.84. The predicted molar refractivity (Wildman–Crippen MR) is 139 cm³/mol. The fraction of sp³-hybridized carbons (Fsp3) is 0.276. The van der Waals surface area contributed by atoms with Gasteiger partial charge in [0.15, 0.2) is 0 Å². The molecule has 1 amide bonds. The van der Waals surface area contributed by atoms with Crippen molar-refractivity contribution in [2.24, 2.45) is 0 Å². The highest BCUT2D eigenvalue weighted by atomic mass is 16.5. The van der Waals surface area contributed by atoms with Gasteiger partial charge in [0.1, 0.15) is 11.5 Å². The molecule has 0 radical (unpaired) electrons. The molecule has 182 valence electrons. The zero-order valence-corrected chi connectivity index (χ0v) is 20.2. The first kappa shape index (κ1) is 24.4. The summed E-state index contributed by atoms with van der Waals surface area (Å²) in [5.74, 6) is 1.03. The molecule has 0 saturated carbocycles. The van der Waals surface area contributed by atoms with Crippen LogP contribution in [0.25, 0.3) is 22.0 Å². The van der Waals surface area contributed by atoms with E-state index in [1.807, 2.05) is 86.8 Å². The SMILES string of the molecule is CCCOc1ccc(-c2cccc(OCC)c2)cc1C(=O)N[C@@H](CO)Cc1c[nH]c2ccccc12. The molecular weight excluding hydrogens is 440 g/mol. The van der Waals surface area contributed by atoms with Gasteiger partial charge >= 0.3 is 0 Å². The number of aliphatic hydroxyl groups excluding tert-OH is 1. The van der Waals surface area contributed by atoms with E-state index < -0.39 is 6.04 Å². The van der Waals surface area contributed by atoms with E-state index >= 15 is 0 Å². The highest BCUT2D eigenvalue weighted by Crippen LogP contribution is 2.29. The Bertz CT molecular complexity index is 1280. The molecular formula is C29H32N2O4. The fourth-order valence-corrected chi connectivity index (χ4v) is 4.15. The topological polar surface area (TPSA) is 83.6 Å². The molecule has 6 nitrogen and oxygen atoms in total. The van der Waals surface area contributed by atoms with E-state index in [-0.39, 0.29) is 12.5 Å². The number of fused-ring (bicyclic) bond motifs is 1. The molecule has 0 aliphatic carbocycles. The lowest BCUT2D eigenvalue weighted by Gasteiger charge is -2.18. The lowest BCUT2D eigenvalue weighted by Crippen LogP contribution is -2.39. The second-order valence-electron chi connectivity index (χ2n) is 8.44. The lowest BCUT2D eigenvalue weighted by molar-refractivity contribution is 0.0912. The van der Waals surface area contributed by atoms with Gasteiger partial charge in [-0.05, 0) is 66.8 Å². The van der Waals surface area contributed by atoms with Crippen LogP contribution in [0, 0.1) is 0 Å². The van der Waals surface area contributed by atoms with E-state index in [1.54, 1.807) is 0 Å². The van der Waals surface area contributed by atoms with E-state index in [0.29, 0.717) is 30.9 Å². The highest BCUT2D eigenvalue weighted by Gasteiger charge is 2.20. The molecule has 0 spiro atoms. The van der Waals surface area contributed by atoms with Crippen molar-refractivity contribution < 1.29 is 19.4 Å². The predicted octanol–water partition coefficient (Wildman–Crippen LogP) is 5.36. The molecule has 0 aliphatic rings. The van der Waals surface area contributed by atoms with Crippen molar-refractivity contribution in [3.8, 4) is 22.6 Å². The van der Waals surface area contributed by atoms with Gasteiger partial charge in [-0.15, -0.1) is 0 Å². The maximum absolute atomic E-state index is 13.4. The van der Waals surface area contributed by atoms with Crippen LogP contribution in [-0.2, 0) is 6.42 Å². The molecule has 1 heterocycles. The van der Waals surface area contributed by atoms with Crippen LogP contribution in [0.2, 0.25) is 0 Å². The van der Waals surface area contributed by atoms with Gasteiger partial charge in [-0.3, -0.25) is 4.79 Å². The van der Waals surface area contributed by atoms with Crippen LogP contribution < -0.4 is 14.8 Å². The molecule has 1 atom stereocenters. The van der Waals surface area contributed by atoms with E-state index in [1.165, 1.54) is 0 Å². The summed E-state index contributed by atoms with van der Waals surface area (Å²) in [5.41, 5.74) is 4.35. The number of H-pyrrole nitrogens is 1. The van der Waals surface area contributed by atoms with Crippen LogP contribution >= 0.6 is 0 Å². The second-order valence-corrected chi connectivity index (χ2v) is 8.44. The van der Waals surface area contributed by atoms with E-state index in [9.17, 15) is 9.90 Å². The van der Waals surface area contributed by atoms with E-state index in [2.05, 4.69) is 10.3 Å². The maximum Gasteiger partial charge on any atom is 0.255 e. The number of amides is 1. The average molecular weight is 473 g/mol. The molecule has 3 aromatic carbocycles. The molecule has 3 N–H and O–H groups in total. The number of carbonyl (C=O) groups is 1. The van der Waals surface area contributed by atoms with Gasteiger partial charge in [0.05, 0.1) is 31.4 Å². The summed E-state index contributed by atoms with van der Waals surface area (Å²) in [6.45, 7) is 4.89. The number of aliphatic hydroxyl groups is 1. The van der Waals surface area contributed by atoms with Crippen LogP contribution in [0.1, 0.15) is 36.2 Å². The van der Waals surface area contributed by atoms with Crippen LogP contribution in [-0.4, -0.2) is 41.9 Å². The smallest absolute Gasteiger partial charge is 0.255 e. The van der Waals surface area contributed by atoms with Crippen molar-refractivity contribution in [3.05, 3.63) is 84.1 Å². The number of hydrogen-bond acceptors (Lipinski definition) is 4. The zero-order chi connectivity index (χ0) is 24.6. The van der Waals surface area contributed by atoms with Crippen molar-refractivity contribution >= 4 is 16.8 Å². The van der Waals surface area contributed by atoms with Gasteiger partial charge in [0.25, 0.3) is 5.91 Å². The minimum absolute atomic E-state index is 0.174. The monoisotopic (exact) mass is 472 g/mol. The van der Waals surface area contributed by atoms with Gasteiger partial charge < -0.3 is 24.9 Å². The average Bonchev–Trinajstić information content (AvgIpc) is 3.30. The molecule has 6 heteroatoms. The number of aromatic nitrogens is 1. The van der Waals surface area contributed by atoms with Crippen LogP contribution in [0.15, 0.2) is 72.9 Å². The second kappa shape index (κ2) is 11.6. The summed E-state index contributed by atoms with van der Waals surface area (Å²) in [4.78, 5) is 16.7. The van der Waals surface area contributed by atoms with Gasteiger partial charge in [0.2, 0.25) is 0 Å². The van der Waals surface area contributed by atoms with Crippen molar-refractivity contribution in [1.29, 1.82) is 0 Å². The number of carbonyl (C=O) groups excluding carboxylic acids is 1. The number of ether oxygens (including phenoxy) is 2. The Morgan fingerprint density at radius 3 is 2.63 bits per heavy atom. The number of nitrogens with one attached hydrogen (secondary N) is 2. The number of para-hydroxylation sites is 1. The number of rotatable bonds is 11. The van der Waals surface area contributed by atoms with Gasteiger partial charge in [-0.25, -0.2) is 0 Å². The normalized spacial score (nSPS) is 11.9. The Labute approximate surface area is 205 Å². The quantitative estimate of drug-likeness (QED) is 0.275. The molecule has 0 aliphatic heterocycles. The summed E-state index contributed by atoms with van der Waals surface area (Å²) in [7, 11) is 0. The van der Waals surface area contributed by atoms with Gasteiger partial charge in [-0.1, -0.05) is 43.3 Å².